The average molecular weight is 310 g/mol. The third-order valence-electron chi connectivity index (χ3n) is 2.16. The first kappa shape index (κ1) is 17.7. The van der Waals surface area contributed by atoms with E-state index in [2.05, 4.69) is 11.7 Å². The number of carbonyl (C=O) groups is 2. The molecule has 7 heteroatoms. The Balaban J connectivity index is 3.19. The number of rotatable bonds is 2. The van der Waals surface area contributed by atoms with Gasteiger partial charge in [0.15, 0.2) is 5.82 Å². The van der Waals surface area contributed by atoms with Gasteiger partial charge in [-0.05, 0) is 41.5 Å². The molecule has 0 unspecified atom stereocenters. The Morgan fingerprint density at radius 2 is 1.59 bits per heavy atom. The van der Waals surface area contributed by atoms with Crippen LogP contribution in [0.25, 0.3) is 6.08 Å². The summed E-state index contributed by atoms with van der Waals surface area (Å²) in [6.45, 7) is 13.7. The van der Waals surface area contributed by atoms with Gasteiger partial charge in [-0.3, -0.25) is 0 Å². The van der Waals surface area contributed by atoms with Gasteiger partial charge in [0.1, 0.15) is 17.5 Å². The van der Waals surface area contributed by atoms with Gasteiger partial charge in [-0.1, -0.05) is 17.8 Å². The van der Waals surface area contributed by atoms with E-state index < -0.39 is 23.4 Å². The highest BCUT2D eigenvalue weighted by Crippen LogP contribution is 2.24. The molecule has 0 aliphatic carbocycles. The normalized spacial score (nSPS) is 11.7. The zero-order valence-electron chi connectivity index (χ0n) is 13.8. The lowest BCUT2D eigenvalue weighted by molar-refractivity contribution is 0.0427. The summed E-state index contributed by atoms with van der Waals surface area (Å²) in [6, 6.07) is 0. The first-order valence-electron chi connectivity index (χ1n) is 6.77. The molecule has 22 heavy (non-hydrogen) atoms. The lowest BCUT2D eigenvalue weighted by atomic mass is 10.2. The third-order valence-corrected chi connectivity index (χ3v) is 2.16. The zero-order chi connectivity index (χ0) is 17.1. The van der Waals surface area contributed by atoms with Crippen molar-refractivity contribution in [1.29, 1.82) is 0 Å². The van der Waals surface area contributed by atoms with E-state index in [1.807, 2.05) is 0 Å². The summed E-state index contributed by atoms with van der Waals surface area (Å²) >= 11 is 0. The summed E-state index contributed by atoms with van der Waals surface area (Å²) in [5.74, 6) is -0.0292. The minimum absolute atomic E-state index is 0.0292. The van der Waals surface area contributed by atoms with Gasteiger partial charge in [-0.15, -0.1) is 0 Å². The second-order valence-corrected chi connectivity index (χ2v) is 6.59. The van der Waals surface area contributed by atoms with Gasteiger partial charge in [0, 0.05) is 0 Å². The quantitative estimate of drug-likeness (QED) is 0.821. The van der Waals surface area contributed by atoms with E-state index in [0.717, 1.165) is 0 Å². The van der Waals surface area contributed by atoms with Gasteiger partial charge >= 0.3 is 12.2 Å². The van der Waals surface area contributed by atoms with E-state index in [0.29, 0.717) is 10.5 Å². The highest BCUT2D eigenvalue weighted by Gasteiger charge is 2.35. The number of nitrogens with zero attached hydrogens (tertiary/aromatic N) is 2. The monoisotopic (exact) mass is 310 g/mol. The molecule has 122 valence electrons. The molecule has 1 aromatic rings. The fraction of sp³-hybridized carbons (Fsp3) is 0.533. The van der Waals surface area contributed by atoms with Crippen molar-refractivity contribution in [2.45, 2.75) is 52.7 Å². The van der Waals surface area contributed by atoms with Crippen LogP contribution in [0.5, 0.6) is 0 Å². The maximum absolute atomic E-state index is 12.3. The third kappa shape index (κ3) is 4.91. The number of hydrogen-bond acceptors (Lipinski definition) is 6. The van der Waals surface area contributed by atoms with E-state index in [1.54, 1.807) is 41.5 Å². The molecule has 7 nitrogen and oxygen atoms in total. The van der Waals surface area contributed by atoms with Crippen LogP contribution in [0.4, 0.5) is 15.4 Å². The molecule has 0 bridgehead atoms. The van der Waals surface area contributed by atoms with Crippen LogP contribution in [0.15, 0.2) is 17.4 Å². The summed E-state index contributed by atoms with van der Waals surface area (Å²) < 4.78 is 15.3. The van der Waals surface area contributed by atoms with Crippen LogP contribution in [0, 0.1) is 0 Å². The summed E-state index contributed by atoms with van der Waals surface area (Å²) in [4.78, 5) is 25.4. The molecule has 0 atom stereocenters. The van der Waals surface area contributed by atoms with Crippen molar-refractivity contribution in [3.8, 4) is 0 Å². The molecule has 0 aliphatic rings. The Kier molecular flexibility index (Phi) is 5.01. The van der Waals surface area contributed by atoms with Gasteiger partial charge in [0.25, 0.3) is 0 Å². The Morgan fingerprint density at radius 1 is 1.14 bits per heavy atom. The minimum atomic E-state index is -0.904. The van der Waals surface area contributed by atoms with Gasteiger partial charge < -0.3 is 14.0 Å². The molecule has 0 spiro atoms. The Hall–Kier alpha value is -2.31. The SMILES string of the molecule is C=Cc1conc1N(C(=O)OC(C)(C)C)C(=O)OC(C)(C)C. The lowest BCUT2D eigenvalue weighted by Gasteiger charge is -2.27. The van der Waals surface area contributed by atoms with E-state index in [1.165, 1.54) is 12.3 Å². The van der Waals surface area contributed by atoms with Crippen LogP contribution in [-0.2, 0) is 9.47 Å². The maximum atomic E-state index is 12.3. The van der Waals surface area contributed by atoms with Gasteiger partial charge in [0.05, 0.1) is 5.56 Å². The average Bonchev–Trinajstić information content (AvgIpc) is 2.72. The molecular weight excluding hydrogens is 288 g/mol. The first-order valence-corrected chi connectivity index (χ1v) is 6.77. The predicted octanol–water partition coefficient (Wildman–Crippen LogP) is 3.99. The summed E-state index contributed by atoms with van der Waals surface area (Å²) in [5.41, 5.74) is -1.19. The van der Waals surface area contributed by atoms with Crippen LogP contribution in [-0.4, -0.2) is 28.5 Å². The second kappa shape index (κ2) is 6.21. The molecule has 1 aromatic heterocycles. The smallest absolute Gasteiger partial charge is 0.425 e. The van der Waals surface area contributed by atoms with Gasteiger partial charge in [-0.2, -0.15) is 4.90 Å². The van der Waals surface area contributed by atoms with Crippen molar-refractivity contribution in [2.24, 2.45) is 0 Å². The first-order chi connectivity index (χ1) is 9.94. The minimum Gasteiger partial charge on any atom is -0.443 e. The fourth-order valence-electron chi connectivity index (χ4n) is 1.41. The molecule has 0 radical (unpaired) electrons. The highest BCUT2D eigenvalue weighted by atomic mass is 16.6. The summed E-state index contributed by atoms with van der Waals surface area (Å²) in [6.07, 6.45) is 0.870. The van der Waals surface area contributed by atoms with Crippen LogP contribution in [0.2, 0.25) is 0 Å². The lowest BCUT2D eigenvalue weighted by Crippen LogP contribution is -2.44. The summed E-state index contributed by atoms with van der Waals surface area (Å²) in [5, 5.41) is 3.67. The van der Waals surface area contributed by atoms with Crippen LogP contribution < -0.4 is 4.90 Å². The van der Waals surface area contributed by atoms with E-state index in [4.69, 9.17) is 14.0 Å². The Labute approximate surface area is 129 Å². The van der Waals surface area contributed by atoms with Crippen molar-refractivity contribution in [1.82, 2.24) is 5.16 Å². The van der Waals surface area contributed by atoms with Crippen molar-refractivity contribution < 1.29 is 23.6 Å². The largest absolute Gasteiger partial charge is 0.443 e. The molecule has 0 fully saturated rings. The number of ether oxygens (including phenoxy) is 2. The van der Waals surface area contributed by atoms with Crippen molar-refractivity contribution >= 4 is 24.1 Å². The number of aromatic nitrogens is 1. The molecule has 2 amide bonds. The number of carbonyl (C=O) groups excluding carboxylic acids is 2. The molecule has 0 N–H and O–H groups in total. The molecule has 1 heterocycles. The van der Waals surface area contributed by atoms with Crippen LogP contribution in [0.1, 0.15) is 47.1 Å². The predicted molar refractivity (Wildman–Crippen MR) is 81.5 cm³/mol. The van der Waals surface area contributed by atoms with Crippen molar-refractivity contribution in [3.63, 3.8) is 0 Å². The second-order valence-electron chi connectivity index (χ2n) is 6.59. The number of imide groups is 1. The van der Waals surface area contributed by atoms with E-state index in [9.17, 15) is 9.59 Å². The zero-order valence-corrected chi connectivity index (χ0v) is 13.8. The maximum Gasteiger partial charge on any atom is 0.425 e. The van der Waals surface area contributed by atoms with E-state index >= 15 is 0 Å². The van der Waals surface area contributed by atoms with Crippen LogP contribution >= 0.6 is 0 Å². The Bertz CT molecular complexity index is 535. The molecule has 0 aromatic carbocycles. The fourth-order valence-corrected chi connectivity index (χ4v) is 1.41. The van der Waals surface area contributed by atoms with Gasteiger partial charge in [-0.25, -0.2) is 9.59 Å². The summed E-state index contributed by atoms with van der Waals surface area (Å²) in [7, 11) is 0. The molecule has 0 saturated heterocycles. The number of anilines is 1. The number of amides is 2. The van der Waals surface area contributed by atoms with Crippen LogP contribution in [0.3, 0.4) is 0 Å². The molecule has 1 rings (SSSR count). The highest BCUT2D eigenvalue weighted by molar-refractivity contribution is 6.09. The standard InChI is InChI=1S/C15H22N2O5/c1-8-10-9-20-16-11(10)17(12(18)21-14(2,3)4)13(19)22-15(5,6)7/h8-9H,1H2,2-7H3. The van der Waals surface area contributed by atoms with Gasteiger partial charge in [0.2, 0.25) is 0 Å². The molecular formula is C15H22N2O5. The molecule has 0 aliphatic heterocycles. The van der Waals surface area contributed by atoms with Crippen molar-refractivity contribution in [3.05, 3.63) is 18.4 Å². The molecule has 0 saturated carbocycles. The van der Waals surface area contributed by atoms with Crippen molar-refractivity contribution in [2.75, 3.05) is 4.90 Å². The Morgan fingerprint density at radius 3 is 1.95 bits per heavy atom. The number of hydrogen-bond donors (Lipinski definition) is 0. The van der Waals surface area contributed by atoms with E-state index in [-0.39, 0.29) is 5.82 Å². The topological polar surface area (TPSA) is 81.9 Å².